The molecule has 2 heterocycles. The van der Waals surface area contributed by atoms with Crippen LogP contribution < -0.4 is 0 Å². The van der Waals surface area contributed by atoms with Crippen LogP contribution in [-0.4, -0.2) is 58.4 Å². The van der Waals surface area contributed by atoms with Gasteiger partial charge >= 0.3 is 0 Å². The molecule has 17 heavy (non-hydrogen) atoms. The second-order valence-corrected chi connectivity index (χ2v) is 3.78. The molecule has 92 valence electrons. The Bertz CT molecular complexity index is 410. The normalized spacial score (nSPS) is 20.3. The predicted molar refractivity (Wildman–Crippen MR) is 58.6 cm³/mol. The molecule has 1 amide bonds. The Morgan fingerprint density at radius 2 is 2.47 bits per heavy atom. The van der Waals surface area contributed by atoms with Gasteiger partial charge in [0.1, 0.15) is 5.75 Å². The number of aliphatic hydroxyl groups is 1. The van der Waals surface area contributed by atoms with Gasteiger partial charge in [-0.2, -0.15) is 0 Å². The molecule has 1 fully saturated rings. The Labute approximate surface area is 98.5 Å². The van der Waals surface area contributed by atoms with Crippen LogP contribution in [0.3, 0.4) is 0 Å². The van der Waals surface area contributed by atoms with Gasteiger partial charge in [-0.15, -0.1) is 0 Å². The molecule has 6 nitrogen and oxygen atoms in total. The van der Waals surface area contributed by atoms with E-state index >= 15 is 0 Å². The number of amides is 1. The van der Waals surface area contributed by atoms with Crippen molar-refractivity contribution in [3.05, 3.63) is 24.0 Å². The zero-order chi connectivity index (χ0) is 12.3. The summed E-state index contributed by atoms with van der Waals surface area (Å²) in [7, 11) is 0. The first-order chi connectivity index (χ1) is 8.24. The lowest BCUT2D eigenvalue weighted by molar-refractivity contribution is -0.0187. The van der Waals surface area contributed by atoms with Crippen molar-refractivity contribution in [3.63, 3.8) is 0 Å². The molecule has 1 aliphatic heterocycles. The number of rotatable bonds is 2. The van der Waals surface area contributed by atoms with Crippen LogP contribution in [-0.2, 0) is 4.74 Å². The highest BCUT2D eigenvalue weighted by molar-refractivity contribution is 5.95. The number of aromatic nitrogens is 1. The van der Waals surface area contributed by atoms with Gasteiger partial charge in [0.2, 0.25) is 0 Å². The molecule has 0 aliphatic carbocycles. The van der Waals surface area contributed by atoms with Crippen molar-refractivity contribution in [2.24, 2.45) is 0 Å². The number of aliphatic hydroxyl groups excluding tert-OH is 1. The lowest BCUT2D eigenvalue weighted by Gasteiger charge is -2.34. The molecule has 1 atom stereocenters. The van der Waals surface area contributed by atoms with Crippen LogP contribution in [0, 0.1) is 0 Å². The maximum absolute atomic E-state index is 12.1. The first kappa shape index (κ1) is 11.8. The van der Waals surface area contributed by atoms with Gasteiger partial charge in [0.05, 0.1) is 25.9 Å². The molecule has 1 unspecified atom stereocenters. The molecule has 0 radical (unpaired) electrons. The van der Waals surface area contributed by atoms with Crippen LogP contribution in [0.15, 0.2) is 18.3 Å². The average Bonchev–Trinajstić information content (AvgIpc) is 2.38. The molecule has 0 saturated carbocycles. The SMILES string of the molecule is O=C(c1ncccc1O)N1CCOCC1CO. The quantitative estimate of drug-likeness (QED) is 0.734. The molecule has 6 heteroatoms. The summed E-state index contributed by atoms with van der Waals surface area (Å²) in [5.74, 6) is -0.536. The smallest absolute Gasteiger partial charge is 0.276 e. The number of carbonyl (C=O) groups excluding carboxylic acids is 1. The lowest BCUT2D eigenvalue weighted by atomic mass is 10.2. The van der Waals surface area contributed by atoms with E-state index in [1.54, 1.807) is 6.07 Å². The van der Waals surface area contributed by atoms with Gasteiger partial charge in [-0.25, -0.2) is 4.98 Å². The highest BCUT2D eigenvalue weighted by Gasteiger charge is 2.29. The van der Waals surface area contributed by atoms with E-state index in [-0.39, 0.29) is 30.0 Å². The van der Waals surface area contributed by atoms with Crippen LogP contribution in [0.25, 0.3) is 0 Å². The summed E-state index contributed by atoms with van der Waals surface area (Å²) < 4.78 is 5.18. The average molecular weight is 238 g/mol. The first-order valence-corrected chi connectivity index (χ1v) is 5.37. The molecular weight excluding hydrogens is 224 g/mol. The van der Waals surface area contributed by atoms with Gasteiger partial charge in [0.15, 0.2) is 5.69 Å². The van der Waals surface area contributed by atoms with E-state index in [1.165, 1.54) is 17.2 Å². The number of pyridine rings is 1. The number of hydrogen-bond donors (Lipinski definition) is 2. The third-order valence-corrected chi connectivity index (χ3v) is 2.69. The number of aromatic hydroxyl groups is 1. The molecule has 0 aromatic carbocycles. The highest BCUT2D eigenvalue weighted by Crippen LogP contribution is 2.17. The summed E-state index contributed by atoms with van der Waals surface area (Å²) in [5.41, 5.74) is 0.00727. The molecule has 1 aromatic rings. The van der Waals surface area contributed by atoms with Crippen molar-refractivity contribution >= 4 is 5.91 Å². The molecule has 2 rings (SSSR count). The molecule has 0 bridgehead atoms. The Kier molecular flexibility index (Phi) is 3.55. The summed E-state index contributed by atoms with van der Waals surface area (Å²) in [5, 5.41) is 18.7. The summed E-state index contributed by atoms with van der Waals surface area (Å²) in [4.78, 5) is 17.5. The monoisotopic (exact) mass is 238 g/mol. The fourth-order valence-electron chi connectivity index (χ4n) is 1.77. The molecule has 1 saturated heterocycles. The Balaban J connectivity index is 2.21. The van der Waals surface area contributed by atoms with E-state index in [1.807, 2.05) is 0 Å². The van der Waals surface area contributed by atoms with Crippen molar-refractivity contribution < 1.29 is 19.7 Å². The summed E-state index contributed by atoms with van der Waals surface area (Å²) in [6, 6.07) is 2.58. The van der Waals surface area contributed by atoms with Crippen LogP contribution in [0.2, 0.25) is 0 Å². The van der Waals surface area contributed by atoms with Crippen LogP contribution in [0.4, 0.5) is 0 Å². The summed E-state index contributed by atoms with van der Waals surface area (Å²) >= 11 is 0. The van der Waals surface area contributed by atoms with E-state index in [0.717, 1.165) is 0 Å². The molecule has 2 N–H and O–H groups in total. The van der Waals surface area contributed by atoms with Gasteiger partial charge in [-0.3, -0.25) is 4.79 Å². The van der Waals surface area contributed by atoms with Gasteiger partial charge in [0, 0.05) is 12.7 Å². The standard InChI is InChI=1S/C11H14N2O4/c14-6-8-7-17-5-4-13(8)11(16)10-9(15)2-1-3-12-10/h1-3,8,14-15H,4-7H2. The zero-order valence-corrected chi connectivity index (χ0v) is 9.24. The van der Waals surface area contributed by atoms with Gasteiger partial charge in [-0.1, -0.05) is 0 Å². The van der Waals surface area contributed by atoms with E-state index in [2.05, 4.69) is 4.98 Å². The summed E-state index contributed by atoms with van der Waals surface area (Å²) in [6.07, 6.45) is 1.45. The van der Waals surface area contributed by atoms with E-state index in [9.17, 15) is 9.90 Å². The third-order valence-electron chi connectivity index (χ3n) is 2.69. The fourth-order valence-corrected chi connectivity index (χ4v) is 1.77. The van der Waals surface area contributed by atoms with Crippen LogP contribution >= 0.6 is 0 Å². The van der Waals surface area contributed by atoms with Crippen molar-refractivity contribution in [2.75, 3.05) is 26.4 Å². The fraction of sp³-hybridized carbons (Fsp3) is 0.455. The Morgan fingerprint density at radius 3 is 3.18 bits per heavy atom. The van der Waals surface area contributed by atoms with Gasteiger partial charge in [-0.05, 0) is 12.1 Å². The molecule has 0 spiro atoms. The van der Waals surface area contributed by atoms with Crippen LogP contribution in [0.5, 0.6) is 5.75 Å². The zero-order valence-electron chi connectivity index (χ0n) is 9.24. The second-order valence-electron chi connectivity index (χ2n) is 3.78. The molecule has 1 aromatic heterocycles. The predicted octanol–water partition coefficient (Wildman–Crippen LogP) is -0.380. The maximum Gasteiger partial charge on any atom is 0.276 e. The number of carbonyl (C=O) groups is 1. The van der Waals surface area contributed by atoms with Crippen molar-refractivity contribution in [3.8, 4) is 5.75 Å². The number of ether oxygens (including phenoxy) is 1. The van der Waals surface area contributed by atoms with Gasteiger partial charge in [0.25, 0.3) is 5.91 Å². The second kappa shape index (κ2) is 5.11. The van der Waals surface area contributed by atoms with Crippen molar-refractivity contribution in [1.29, 1.82) is 0 Å². The topological polar surface area (TPSA) is 82.9 Å². The number of nitrogens with zero attached hydrogens (tertiary/aromatic N) is 2. The Morgan fingerprint density at radius 1 is 1.65 bits per heavy atom. The highest BCUT2D eigenvalue weighted by atomic mass is 16.5. The van der Waals surface area contributed by atoms with Crippen molar-refractivity contribution in [2.45, 2.75) is 6.04 Å². The molecular formula is C11H14N2O4. The Hall–Kier alpha value is -1.66. The third kappa shape index (κ3) is 2.37. The van der Waals surface area contributed by atoms with Gasteiger partial charge < -0.3 is 19.8 Å². The minimum atomic E-state index is -0.384. The minimum absolute atomic E-state index is 0.00727. The first-order valence-electron chi connectivity index (χ1n) is 5.37. The van der Waals surface area contributed by atoms with E-state index in [4.69, 9.17) is 9.84 Å². The minimum Gasteiger partial charge on any atom is -0.505 e. The largest absolute Gasteiger partial charge is 0.505 e. The maximum atomic E-state index is 12.1. The van der Waals surface area contributed by atoms with Crippen molar-refractivity contribution in [1.82, 2.24) is 9.88 Å². The van der Waals surface area contributed by atoms with Crippen LogP contribution in [0.1, 0.15) is 10.5 Å². The molecule has 1 aliphatic rings. The van der Waals surface area contributed by atoms with E-state index < -0.39 is 0 Å². The van der Waals surface area contributed by atoms with E-state index in [0.29, 0.717) is 19.8 Å². The number of hydrogen-bond acceptors (Lipinski definition) is 5. The lowest BCUT2D eigenvalue weighted by Crippen LogP contribution is -2.50. The summed E-state index contributed by atoms with van der Waals surface area (Å²) in [6.45, 7) is 0.949. The number of morpholine rings is 1.